The fourth-order valence-electron chi connectivity index (χ4n) is 0. The summed E-state index contributed by atoms with van der Waals surface area (Å²) in [5.74, 6) is 1.13. The van der Waals surface area contributed by atoms with Crippen LogP contribution in [0.2, 0.25) is 0 Å². The molecular formula is C5H9. The summed E-state index contributed by atoms with van der Waals surface area (Å²) in [7, 11) is 0. The average molecular weight is 69.1 g/mol. The second kappa shape index (κ2) is 2.25. The molecule has 0 aliphatic carbocycles. The summed E-state index contributed by atoms with van der Waals surface area (Å²) < 4.78 is 0. The van der Waals surface area contributed by atoms with Crippen LogP contribution in [0.4, 0.5) is 0 Å². The van der Waals surface area contributed by atoms with E-state index in [0.29, 0.717) is 0 Å². The minimum Gasteiger partial charge on any atom is -0.0617 e. The molecule has 0 saturated carbocycles. The van der Waals surface area contributed by atoms with Gasteiger partial charge in [0.1, 0.15) is 0 Å². The Bertz CT molecular complexity index is 14.0. The van der Waals surface area contributed by atoms with Gasteiger partial charge in [-0.2, -0.15) is 0 Å². The van der Waals surface area contributed by atoms with E-state index >= 15 is 0 Å². The molecule has 3 radical (unpaired) electrons. The number of hydrogen-bond donors (Lipinski definition) is 0. The Morgan fingerprint density at radius 1 is 1.80 bits per heavy atom. The molecule has 0 bridgehead atoms. The molecule has 0 heteroatoms. The van der Waals surface area contributed by atoms with Gasteiger partial charge in [-0.15, -0.1) is 0 Å². The van der Waals surface area contributed by atoms with Crippen molar-refractivity contribution in [3.8, 4) is 0 Å². The minimum absolute atomic E-state index is 1.13. The maximum absolute atomic E-state index is 3.62. The second-order valence-electron chi connectivity index (χ2n) is 1.14. The van der Waals surface area contributed by atoms with Crippen LogP contribution in [0.3, 0.4) is 0 Å². The van der Waals surface area contributed by atoms with Gasteiger partial charge in [0.15, 0.2) is 0 Å². The van der Waals surface area contributed by atoms with E-state index in [9.17, 15) is 0 Å². The molecule has 0 N–H and O–H groups in total. The molecule has 0 rings (SSSR count). The van der Waals surface area contributed by atoms with Crippen molar-refractivity contribution < 1.29 is 0 Å². The van der Waals surface area contributed by atoms with Gasteiger partial charge in [0.05, 0.1) is 0 Å². The molecule has 0 fully saturated rings. The molecule has 0 nitrogen and oxygen atoms in total. The molecule has 0 heterocycles. The zero-order chi connectivity index (χ0) is 4.28. The lowest BCUT2D eigenvalue weighted by molar-refractivity contribution is 1.20. The van der Waals surface area contributed by atoms with Gasteiger partial charge in [-0.05, 0) is 19.3 Å². The van der Waals surface area contributed by atoms with Crippen LogP contribution >= 0.6 is 0 Å². The van der Waals surface area contributed by atoms with Crippen molar-refractivity contribution in [2.24, 2.45) is 0 Å². The predicted molar refractivity (Wildman–Crippen MR) is 24.2 cm³/mol. The third kappa shape index (κ3) is 4.00. The van der Waals surface area contributed by atoms with Crippen molar-refractivity contribution in [2.75, 3.05) is 0 Å². The van der Waals surface area contributed by atoms with Crippen molar-refractivity contribution in [3.63, 3.8) is 0 Å². The molecule has 0 atom stereocenters. The molecule has 0 spiro atoms. The largest absolute Gasteiger partial charge is 0.0617 e. The van der Waals surface area contributed by atoms with Gasteiger partial charge in [-0.25, -0.2) is 0 Å². The first kappa shape index (κ1) is 5.00. The van der Waals surface area contributed by atoms with Gasteiger partial charge >= 0.3 is 0 Å². The summed E-state index contributed by atoms with van der Waals surface area (Å²) in [5.41, 5.74) is 0. The van der Waals surface area contributed by atoms with Crippen LogP contribution in [0.1, 0.15) is 13.8 Å². The molecule has 0 aromatic rings. The smallest absolute Gasteiger partial charge is 0.0241 e. The lowest BCUT2D eigenvalue weighted by Gasteiger charge is -1.88. The van der Waals surface area contributed by atoms with E-state index in [1.165, 1.54) is 0 Å². The van der Waals surface area contributed by atoms with Gasteiger partial charge in [0, 0.05) is 0 Å². The summed E-state index contributed by atoms with van der Waals surface area (Å²) in [6, 6.07) is 0. The Kier molecular flexibility index (Phi) is 2.25. The average Bonchev–Trinajstić information content (AvgIpc) is 1.38. The van der Waals surface area contributed by atoms with Crippen molar-refractivity contribution in [1.29, 1.82) is 0 Å². The van der Waals surface area contributed by atoms with Crippen LogP contribution in [0.5, 0.6) is 0 Å². The first-order valence-corrected chi connectivity index (χ1v) is 1.72. The molecule has 0 amide bonds. The summed E-state index contributed by atoms with van der Waals surface area (Å²) in [6.45, 7) is 7.56. The zero-order valence-corrected chi connectivity index (χ0v) is 3.78. The van der Waals surface area contributed by atoms with Gasteiger partial charge in [-0.3, -0.25) is 0 Å². The highest BCUT2D eigenvalue weighted by atomic mass is 13.9. The fourth-order valence-corrected chi connectivity index (χ4v) is 0. The monoisotopic (exact) mass is 69.1 g/mol. The van der Waals surface area contributed by atoms with Gasteiger partial charge in [0.2, 0.25) is 0 Å². The van der Waals surface area contributed by atoms with Crippen molar-refractivity contribution in [2.45, 2.75) is 13.8 Å². The van der Waals surface area contributed by atoms with Gasteiger partial charge < -0.3 is 0 Å². The van der Waals surface area contributed by atoms with Crippen molar-refractivity contribution in [3.05, 3.63) is 19.3 Å². The molecular weight excluding hydrogens is 60.1 g/mol. The lowest BCUT2D eigenvalue weighted by Crippen LogP contribution is -1.75. The molecule has 0 saturated heterocycles. The van der Waals surface area contributed by atoms with Crippen LogP contribution in [0, 0.1) is 19.3 Å². The Morgan fingerprint density at radius 3 is 2.00 bits per heavy atom. The second-order valence-corrected chi connectivity index (χ2v) is 1.14. The van der Waals surface area contributed by atoms with E-state index in [2.05, 4.69) is 6.92 Å². The van der Waals surface area contributed by atoms with E-state index in [1.54, 1.807) is 0 Å². The fraction of sp³-hybridized carbons (Fsp3) is 0.400. The molecule has 0 unspecified atom stereocenters. The third-order valence-corrected chi connectivity index (χ3v) is 0.493. The normalized spacial score (nSPS) is 9.60. The Labute approximate surface area is 34.2 Å². The van der Waals surface area contributed by atoms with E-state index < -0.39 is 0 Å². The highest BCUT2D eigenvalue weighted by molar-refractivity contribution is 4.98. The van der Waals surface area contributed by atoms with Crippen molar-refractivity contribution in [1.82, 2.24) is 0 Å². The maximum atomic E-state index is 3.62. The highest BCUT2D eigenvalue weighted by Gasteiger charge is 1.81. The van der Waals surface area contributed by atoms with Crippen LogP contribution < -0.4 is 0 Å². The predicted octanol–water partition coefficient (Wildman–Crippen LogP) is 1.64. The maximum Gasteiger partial charge on any atom is -0.0241 e. The first-order valence-electron chi connectivity index (χ1n) is 1.72. The minimum atomic E-state index is 1.13. The van der Waals surface area contributed by atoms with E-state index in [1.807, 2.05) is 20.3 Å². The van der Waals surface area contributed by atoms with Crippen LogP contribution in [-0.4, -0.2) is 0 Å². The van der Waals surface area contributed by atoms with Gasteiger partial charge in [-0.1, -0.05) is 13.8 Å². The molecule has 5 heavy (non-hydrogen) atoms. The Morgan fingerprint density at radius 2 is 2.00 bits per heavy atom. The first-order chi connectivity index (χ1) is 2.27. The molecule has 0 aromatic heterocycles. The lowest BCUT2D eigenvalue weighted by atomic mass is 10.2. The summed E-state index contributed by atoms with van der Waals surface area (Å²) in [5, 5.41) is 0. The Balaban J connectivity index is 2.54. The molecule has 0 aliphatic heterocycles. The highest BCUT2D eigenvalue weighted by Crippen LogP contribution is 1.94. The SMILES string of the molecule is [CH2][C](C)[CH]C. The van der Waals surface area contributed by atoms with E-state index in [4.69, 9.17) is 0 Å². The van der Waals surface area contributed by atoms with E-state index in [-0.39, 0.29) is 0 Å². The summed E-state index contributed by atoms with van der Waals surface area (Å²) in [6.07, 6.45) is 1.97. The molecule has 29 valence electrons. The van der Waals surface area contributed by atoms with Crippen molar-refractivity contribution >= 4 is 0 Å². The van der Waals surface area contributed by atoms with Gasteiger partial charge in [0.25, 0.3) is 0 Å². The third-order valence-electron chi connectivity index (χ3n) is 0.493. The Hall–Kier alpha value is 0. The number of hydrogen-bond acceptors (Lipinski definition) is 0. The molecule has 0 aromatic carbocycles. The molecule has 0 aliphatic rings. The van der Waals surface area contributed by atoms with E-state index in [0.717, 1.165) is 5.92 Å². The topological polar surface area (TPSA) is 0 Å². The standard InChI is InChI=1S/C5H9/c1-4-5(2)3/h4H,2H2,1,3H3. The summed E-state index contributed by atoms with van der Waals surface area (Å²) >= 11 is 0. The van der Waals surface area contributed by atoms with Crippen LogP contribution in [0.15, 0.2) is 0 Å². The number of rotatable bonds is 1. The summed E-state index contributed by atoms with van der Waals surface area (Å²) in [4.78, 5) is 0. The van der Waals surface area contributed by atoms with Crippen LogP contribution in [0.25, 0.3) is 0 Å². The quantitative estimate of drug-likeness (QED) is 0.439. The zero-order valence-electron chi connectivity index (χ0n) is 3.78. The van der Waals surface area contributed by atoms with Crippen LogP contribution in [-0.2, 0) is 0 Å².